The molecule has 0 atom stereocenters. The molecule has 25 heavy (non-hydrogen) atoms. The minimum absolute atomic E-state index is 0.0647. The van der Waals surface area contributed by atoms with Crippen LogP contribution < -0.4 is 5.56 Å². The van der Waals surface area contributed by atoms with Crippen LogP contribution in [0, 0.1) is 0 Å². The van der Waals surface area contributed by atoms with Crippen LogP contribution in [0.2, 0.25) is 5.02 Å². The van der Waals surface area contributed by atoms with Crippen LogP contribution in [0.5, 0.6) is 0 Å². The zero-order valence-corrected chi connectivity index (χ0v) is 14.7. The molecule has 3 rings (SSSR count). The Hall–Kier alpha value is -2.74. The Morgan fingerprint density at radius 3 is 2.60 bits per heavy atom. The van der Waals surface area contributed by atoms with E-state index in [-0.39, 0.29) is 12.1 Å². The zero-order valence-electron chi connectivity index (χ0n) is 13.9. The highest BCUT2D eigenvalue weighted by Crippen LogP contribution is 2.18. The quantitative estimate of drug-likeness (QED) is 0.659. The van der Waals surface area contributed by atoms with Crippen molar-refractivity contribution in [2.75, 3.05) is 6.61 Å². The van der Waals surface area contributed by atoms with Crippen molar-refractivity contribution in [3.63, 3.8) is 0 Å². The predicted molar refractivity (Wildman–Crippen MR) is 91.9 cm³/mol. The van der Waals surface area contributed by atoms with Gasteiger partial charge in [0.05, 0.1) is 12.3 Å². The maximum atomic E-state index is 12.8. The van der Waals surface area contributed by atoms with Crippen LogP contribution in [-0.4, -0.2) is 37.1 Å². The Morgan fingerprint density at radius 1 is 1.28 bits per heavy atom. The summed E-state index contributed by atoms with van der Waals surface area (Å²) >= 11 is 5.88. The summed E-state index contributed by atoms with van der Waals surface area (Å²) in [5.41, 5.74) is -0.652. The molecule has 0 saturated heterocycles. The maximum Gasteiger partial charge on any atom is 0.331 e. The molecule has 8 nitrogen and oxygen atoms in total. The number of rotatable bonds is 4. The van der Waals surface area contributed by atoms with Crippen LogP contribution in [0.25, 0.3) is 16.9 Å². The molecular formula is C16H16ClN5O3. The second-order valence-electron chi connectivity index (χ2n) is 5.85. The lowest BCUT2D eigenvalue weighted by Gasteiger charge is -2.24. The highest BCUT2D eigenvalue weighted by Gasteiger charge is 2.33. The Bertz CT molecular complexity index is 991. The van der Waals surface area contributed by atoms with Crippen LogP contribution in [0.1, 0.15) is 20.8 Å². The molecule has 0 fully saturated rings. The molecule has 0 aliphatic heterocycles. The van der Waals surface area contributed by atoms with Gasteiger partial charge >= 0.3 is 5.97 Å². The van der Waals surface area contributed by atoms with Crippen molar-refractivity contribution in [1.82, 2.24) is 24.5 Å². The van der Waals surface area contributed by atoms with Crippen LogP contribution in [0.4, 0.5) is 0 Å². The first-order chi connectivity index (χ1) is 11.9. The number of aromatic nitrogens is 5. The average molecular weight is 362 g/mol. The number of nitrogens with zero attached hydrogens (tertiary/aromatic N) is 5. The smallest absolute Gasteiger partial charge is 0.331 e. The fourth-order valence-corrected chi connectivity index (χ4v) is 2.50. The minimum Gasteiger partial charge on any atom is -0.464 e. The number of hydrogen-bond donors (Lipinski definition) is 0. The number of ether oxygens (including phenoxy) is 1. The van der Waals surface area contributed by atoms with E-state index in [9.17, 15) is 9.59 Å². The number of fused-ring (bicyclic) bond motifs is 1. The van der Waals surface area contributed by atoms with Gasteiger partial charge in [-0.05, 0) is 45.0 Å². The molecule has 2 heterocycles. The van der Waals surface area contributed by atoms with E-state index in [2.05, 4.69) is 15.3 Å². The highest BCUT2D eigenvalue weighted by molar-refractivity contribution is 6.30. The van der Waals surface area contributed by atoms with Crippen LogP contribution in [-0.2, 0) is 15.1 Å². The first-order valence-electron chi connectivity index (χ1n) is 7.63. The number of esters is 1. The third-order valence-electron chi connectivity index (χ3n) is 3.81. The van der Waals surface area contributed by atoms with Gasteiger partial charge in [0.25, 0.3) is 5.56 Å². The molecule has 0 amide bonds. The fraction of sp³-hybridized carbons (Fsp3) is 0.312. The number of benzene rings is 1. The second-order valence-corrected chi connectivity index (χ2v) is 6.29. The van der Waals surface area contributed by atoms with Gasteiger partial charge < -0.3 is 4.74 Å². The summed E-state index contributed by atoms with van der Waals surface area (Å²) in [4.78, 5) is 29.2. The maximum absolute atomic E-state index is 12.8. The van der Waals surface area contributed by atoms with E-state index >= 15 is 0 Å². The first kappa shape index (κ1) is 17.1. The summed E-state index contributed by atoms with van der Waals surface area (Å²) < 4.78 is 7.68. The predicted octanol–water partition coefficient (Wildman–Crippen LogP) is 1.93. The zero-order chi connectivity index (χ0) is 18.2. The van der Waals surface area contributed by atoms with E-state index in [1.165, 1.54) is 15.6 Å². The third kappa shape index (κ3) is 2.89. The number of hydrogen-bond acceptors (Lipinski definition) is 6. The number of carbonyl (C=O) groups is 1. The molecule has 0 saturated carbocycles. The van der Waals surface area contributed by atoms with E-state index in [1.807, 2.05) is 0 Å². The molecular weight excluding hydrogens is 346 g/mol. The second kappa shape index (κ2) is 6.29. The Balaban J connectivity index is 2.12. The van der Waals surface area contributed by atoms with Crippen molar-refractivity contribution >= 4 is 28.7 Å². The van der Waals surface area contributed by atoms with Crippen LogP contribution >= 0.6 is 11.6 Å². The molecule has 3 aromatic rings. The fourth-order valence-electron chi connectivity index (χ4n) is 2.37. The van der Waals surface area contributed by atoms with Crippen molar-refractivity contribution in [2.45, 2.75) is 26.3 Å². The van der Waals surface area contributed by atoms with E-state index < -0.39 is 17.1 Å². The van der Waals surface area contributed by atoms with Gasteiger partial charge in [-0.2, -0.15) is 4.68 Å². The molecule has 1 aromatic carbocycles. The summed E-state index contributed by atoms with van der Waals surface area (Å²) in [6.45, 7) is 5.10. The lowest BCUT2D eigenvalue weighted by Crippen LogP contribution is -2.44. The summed E-state index contributed by atoms with van der Waals surface area (Å²) in [7, 11) is 0. The molecule has 0 aliphatic rings. The summed E-state index contributed by atoms with van der Waals surface area (Å²) in [6.07, 6.45) is 1.30. The van der Waals surface area contributed by atoms with Gasteiger partial charge in [0.1, 0.15) is 11.9 Å². The Labute approximate surface area is 148 Å². The molecule has 0 spiro atoms. The van der Waals surface area contributed by atoms with Crippen molar-refractivity contribution in [1.29, 1.82) is 0 Å². The van der Waals surface area contributed by atoms with E-state index in [1.54, 1.807) is 45.0 Å². The lowest BCUT2D eigenvalue weighted by atomic mass is 10.1. The van der Waals surface area contributed by atoms with Gasteiger partial charge in [0, 0.05) is 5.02 Å². The van der Waals surface area contributed by atoms with Gasteiger partial charge in [0.2, 0.25) is 0 Å². The third-order valence-corrected chi connectivity index (χ3v) is 4.06. The molecule has 0 N–H and O–H groups in total. The topological polar surface area (TPSA) is 91.9 Å². The number of carbonyl (C=O) groups excluding carboxylic acids is 1. The summed E-state index contributed by atoms with van der Waals surface area (Å²) in [5, 5.41) is 8.50. The number of halogens is 1. The normalized spacial score (nSPS) is 11.7. The van der Waals surface area contributed by atoms with Gasteiger partial charge in [-0.3, -0.25) is 9.36 Å². The minimum atomic E-state index is -1.21. The van der Waals surface area contributed by atoms with Crippen LogP contribution in [0.3, 0.4) is 0 Å². The molecule has 130 valence electrons. The van der Waals surface area contributed by atoms with Crippen LogP contribution in [0.15, 0.2) is 35.4 Å². The Kier molecular flexibility index (Phi) is 4.30. The molecule has 0 aliphatic carbocycles. The monoisotopic (exact) mass is 361 g/mol. The average Bonchev–Trinajstić information content (AvgIpc) is 3.01. The van der Waals surface area contributed by atoms with E-state index in [4.69, 9.17) is 16.3 Å². The van der Waals surface area contributed by atoms with Crippen molar-refractivity contribution in [2.24, 2.45) is 0 Å². The molecule has 0 radical (unpaired) electrons. The van der Waals surface area contributed by atoms with E-state index in [0.29, 0.717) is 16.4 Å². The molecule has 9 heteroatoms. The van der Waals surface area contributed by atoms with E-state index in [0.717, 1.165) is 0 Å². The van der Waals surface area contributed by atoms with Crippen molar-refractivity contribution in [3.8, 4) is 5.69 Å². The highest BCUT2D eigenvalue weighted by atomic mass is 35.5. The summed E-state index contributed by atoms with van der Waals surface area (Å²) in [5.74, 6) is -0.525. The molecule has 0 bridgehead atoms. The largest absolute Gasteiger partial charge is 0.464 e. The molecule has 0 unspecified atom stereocenters. The van der Waals surface area contributed by atoms with Gasteiger partial charge in [-0.25, -0.2) is 9.78 Å². The molecule has 2 aromatic heterocycles. The SMILES string of the molecule is CCOC(=O)C(C)(C)n1cnc2c(nnn2-c2ccc(Cl)cc2)c1=O. The standard InChI is InChI=1S/C16H16ClN5O3/c1-4-25-15(24)16(2,3)21-9-18-13-12(14(21)23)19-20-22(13)11-7-5-10(17)6-8-11/h5-9H,4H2,1-3H3. The van der Waals surface area contributed by atoms with Crippen molar-refractivity contribution < 1.29 is 9.53 Å². The van der Waals surface area contributed by atoms with Gasteiger partial charge in [0.15, 0.2) is 11.2 Å². The lowest BCUT2D eigenvalue weighted by molar-refractivity contribution is -0.152. The van der Waals surface area contributed by atoms with Crippen molar-refractivity contribution in [3.05, 3.63) is 46.0 Å². The van der Waals surface area contributed by atoms with Gasteiger partial charge in [-0.15, -0.1) is 5.10 Å². The first-order valence-corrected chi connectivity index (χ1v) is 8.00. The van der Waals surface area contributed by atoms with Gasteiger partial charge in [-0.1, -0.05) is 16.8 Å². The Morgan fingerprint density at radius 2 is 1.96 bits per heavy atom. The summed E-state index contributed by atoms with van der Waals surface area (Å²) in [6, 6.07) is 6.89.